The van der Waals surface area contributed by atoms with Crippen LogP contribution in [0, 0.1) is 5.41 Å². The van der Waals surface area contributed by atoms with Gasteiger partial charge >= 0.3 is 0 Å². The van der Waals surface area contributed by atoms with Gasteiger partial charge in [0.2, 0.25) is 0 Å². The fourth-order valence-corrected chi connectivity index (χ4v) is 4.73. The van der Waals surface area contributed by atoms with E-state index in [1.165, 1.54) is 36.1 Å². The molecule has 3 aliphatic rings. The van der Waals surface area contributed by atoms with Crippen molar-refractivity contribution in [3.8, 4) is 0 Å². The number of amides is 1. The van der Waals surface area contributed by atoms with E-state index in [0.717, 1.165) is 17.8 Å². The van der Waals surface area contributed by atoms with Gasteiger partial charge in [-0.15, -0.1) is 11.3 Å². The smallest absolute Gasteiger partial charge is 0.263 e. The Labute approximate surface area is 113 Å². The topological polar surface area (TPSA) is 20.3 Å². The predicted molar refractivity (Wildman–Crippen MR) is 75.4 cm³/mol. The van der Waals surface area contributed by atoms with Crippen molar-refractivity contribution in [2.75, 3.05) is 13.6 Å². The first-order chi connectivity index (χ1) is 8.69. The van der Waals surface area contributed by atoms with Crippen LogP contribution in [-0.4, -0.2) is 24.4 Å². The SMILES string of the molecule is CC.CN1CCc2c(sc3c2CC2(CC2)C3)C1=O. The van der Waals surface area contributed by atoms with Crippen LogP contribution in [0.3, 0.4) is 0 Å². The molecule has 2 heterocycles. The predicted octanol–water partition coefficient (Wildman–Crippen LogP) is 3.28. The molecule has 1 aliphatic heterocycles. The second kappa shape index (κ2) is 4.09. The van der Waals surface area contributed by atoms with Crippen LogP contribution in [0.2, 0.25) is 0 Å². The van der Waals surface area contributed by atoms with Crippen LogP contribution in [0.15, 0.2) is 0 Å². The van der Waals surface area contributed by atoms with E-state index in [-0.39, 0.29) is 5.91 Å². The first kappa shape index (κ1) is 12.2. The zero-order chi connectivity index (χ0) is 12.9. The molecule has 1 fully saturated rings. The van der Waals surface area contributed by atoms with Crippen molar-refractivity contribution in [3.05, 3.63) is 20.9 Å². The Bertz CT molecular complexity index is 499. The molecule has 0 saturated heterocycles. The lowest BCUT2D eigenvalue weighted by Crippen LogP contribution is -2.33. The number of rotatable bonds is 0. The molecular formula is C15H21NOS. The summed E-state index contributed by atoms with van der Waals surface area (Å²) in [6.07, 6.45) is 6.44. The molecule has 2 aliphatic carbocycles. The molecule has 1 aromatic rings. The van der Waals surface area contributed by atoms with Gasteiger partial charge in [-0.3, -0.25) is 4.79 Å². The van der Waals surface area contributed by atoms with Gasteiger partial charge in [0.05, 0.1) is 4.88 Å². The quantitative estimate of drug-likeness (QED) is 0.703. The number of likely N-dealkylation sites (N-methyl/N-ethyl adjacent to an activating group) is 1. The maximum Gasteiger partial charge on any atom is 0.263 e. The van der Waals surface area contributed by atoms with Crippen molar-refractivity contribution in [1.82, 2.24) is 4.90 Å². The molecule has 0 atom stereocenters. The Hall–Kier alpha value is -0.830. The van der Waals surface area contributed by atoms with E-state index in [9.17, 15) is 4.79 Å². The van der Waals surface area contributed by atoms with Crippen LogP contribution in [-0.2, 0) is 19.3 Å². The maximum absolute atomic E-state index is 12.0. The second-order valence-electron chi connectivity index (χ2n) is 5.64. The number of nitrogens with zero attached hydrogens (tertiary/aromatic N) is 1. The van der Waals surface area contributed by atoms with E-state index < -0.39 is 0 Å². The highest BCUT2D eigenvalue weighted by Crippen LogP contribution is 2.58. The molecule has 0 unspecified atom stereocenters. The molecule has 0 aromatic carbocycles. The lowest BCUT2D eigenvalue weighted by Gasteiger charge is -2.23. The Morgan fingerprint density at radius 3 is 2.56 bits per heavy atom. The van der Waals surface area contributed by atoms with Crippen LogP contribution in [0.4, 0.5) is 0 Å². The van der Waals surface area contributed by atoms with Crippen molar-refractivity contribution in [2.24, 2.45) is 5.41 Å². The summed E-state index contributed by atoms with van der Waals surface area (Å²) in [5.41, 5.74) is 3.63. The number of thiophene rings is 1. The first-order valence-corrected chi connectivity index (χ1v) is 7.89. The summed E-state index contributed by atoms with van der Waals surface area (Å²) in [6, 6.07) is 0. The summed E-state index contributed by atoms with van der Waals surface area (Å²) >= 11 is 1.79. The van der Waals surface area contributed by atoms with Crippen LogP contribution in [0.1, 0.15) is 52.4 Å². The number of hydrogen-bond acceptors (Lipinski definition) is 2. The summed E-state index contributed by atoms with van der Waals surface area (Å²) in [5.74, 6) is 0.255. The molecule has 4 rings (SSSR count). The highest BCUT2D eigenvalue weighted by atomic mass is 32.1. The summed E-state index contributed by atoms with van der Waals surface area (Å²) in [4.78, 5) is 16.5. The standard InChI is InChI=1S/C13H15NOS.C2H6/c1-14-5-2-8-9-6-13(3-4-13)7-10(9)16-11(8)12(14)15;1-2/h2-7H2,1H3;1-2H3. The third-order valence-electron chi connectivity index (χ3n) is 4.48. The van der Waals surface area contributed by atoms with Crippen molar-refractivity contribution >= 4 is 17.2 Å². The van der Waals surface area contributed by atoms with E-state index in [0.29, 0.717) is 5.41 Å². The number of carbonyl (C=O) groups is 1. The summed E-state index contributed by atoms with van der Waals surface area (Å²) < 4.78 is 0. The monoisotopic (exact) mass is 263 g/mol. The number of carbonyl (C=O) groups excluding carboxylic acids is 1. The zero-order valence-electron chi connectivity index (χ0n) is 11.5. The van der Waals surface area contributed by atoms with Gasteiger partial charge in [0.25, 0.3) is 5.91 Å². The van der Waals surface area contributed by atoms with Gasteiger partial charge in [0, 0.05) is 18.5 Å². The molecule has 1 spiro atoms. The van der Waals surface area contributed by atoms with E-state index in [1.54, 1.807) is 16.9 Å². The minimum absolute atomic E-state index is 0.255. The molecule has 1 amide bonds. The molecule has 0 bridgehead atoms. The van der Waals surface area contributed by atoms with E-state index in [4.69, 9.17) is 0 Å². The zero-order valence-corrected chi connectivity index (χ0v) is 12.3. The molecule has 98 valence electrons. The first-order valence-electron chi connectivity index (χ1n) is 7.07. The van der Waals surface area contributed by atoms with Crippen molar-refractivity contribution in [2.45, 2.75) is 46.0 Å². The Kier molecular flexibility index (Phi) is 2.77. The summed E-state index contributed by atoms with van der Waals surface area (Å²) in [5, 5.41) is 0. The van der Waals surface area contributed by atoms with Crippen molar-refractivity contribution in [3.63, 3.8) is 0 Å². The van der Waals surface area contributed by atoms with Crippen molar-refractivity contribution < 1.29 is 4.79 Å². The van der Waals surface area contributed by atoms with Crippen LogP contribution in [0.25, 0.3) is 0 Å². The molecule has 18 heavy (non-hydrogen) atoms. The summed E-state index contributed by atoms with van der Waals surface area (Å²) in [6.45, 7) is 4.90. The van der Waals surface area contributed by atoms with E-state index >= 15 is 0 Å². The summed E-state index contributed by atoms with van der Waals surface area (Å²) in [7, 11) is 1.92. The molecule has 1 aromatic heterocycles. The lowest BCUT2D eigenvalue weighted by molar-refractivity contribution is 0.0786. The average molecular weight is 263 g/mol. The van der Waals surface area contributed by atoms with Gasteiger partial charge in [-0.2, -0.15) is 0 Å². The Morgan fingerprint density at radius 2 is 1.89 bits per heavy atom. The highest BCUT2D eigenvalue weighted by molar-refractivity contribution is 7.14. The van der Waals surface area contributed by atoms with Gasteiger partial charge in [0.1, 0.15) is 0 Å². The molecule has 0 N–H and O–H groups in total. The van der Waals surface area contributed by atoms with Crippen LogP contribution < -0.4 is 0 Å². The van der Waals surface area contributed by atoms with Gasteiger partial charge in [-0.25, -0.2) is 0 Å². The Balaban J connectivity index is 0.000000478. The maximum atomic E-state index is 12.0. The molecule has 2 nitrogen and oxygen atoms in total. The van der Waals surface area contributed by atoms with Gasteiger partial charge < -0.3 is 4.90 Å². The van der Waals surface area contributed by atoms with Crippen LogP contribution >= 0.6 is 11.3 Å². The Morgan fingerprint density at radius 1 is 1.17 bits per heavy atom. The van der Waals surface area contributed by atoms with Crippen LogP contribution in [0.5, 0.6) is 0 Å². The fourth-order valence-electron chi connectivity index (χ4n) is 3.20. The lowest BCUT2D eigenvalue weighted by atomic mass is 9.98. The molecular weight excluding hydrogens is 242 g/mol. The minimum atomic E-state index is 0.255. The molecule has 1 saturated carbocycles. The number of fused-ring (bicyclic) bond motifs is 3. The van der Waals surface area contributed by atoms with Gasteiger partial charge in [-0.1, -0.05) is 13.8 Å². The third kappa shape index (κ3) is 1.63. The largest absolute Gasteiger partial charge is 0.341 e. The van der Waals surface area contributed by atoms with E-state index in [1.807, 2.05) is 25.8 Å². The van der Waals surface area contributed by atoms with Gasteiger partial charge in [-0.05, 0) is 48.6 Å². The second-order valence-corrected chi connectivity index (χ2v) is 6.75. The fraction of sp³-hybridized carbons (Fsp3) is 0.667. The highest BCUT2D eigenvalue weighted by Gasteiger charge is 2.49. The van der Waals surface area contributed by atoms with Crippen molar-refractivity contribution in [1.29, 1.82) is 0 Å². The van der Waals surface area contributed by atoms with E-state index in [2.05, 4.69) is 0 Å². The average Bonchev–Trinajstić information content (AvgIpc) is 2.90. The minimum Gasteiger partial charge on any atom is -0.341 e. The molecule has 0 radical (unpaired) electrons. The normalized spacial score (nSPS) is 22.4. The number of hydrogen-bond donors (Lipinski definition) is 0. The molecule has 3 heteroatoms. The van der Waals surface area contributed by atoms with Gasteiger partial charge in [0.15, 0.2) is 0 Å². The third-order valence-corrected chi connectivity index (χ3v) is 5.75.